The first-order chi connectivity index (χ1) is 16.2. The van der Waals surface area contributed by atoms with Gasteiger partial charge in [-0.25, -0.2) is 19.3 Å². The first kappa shape index (κ1) is 20.8. The molecule has 0 radical (unpaired) electrons. The molecule has 1 atom stereocenters. The van der Waals surface area contributed by atoms with Gasteiger partial charge in [0.15, 0.2) is 0 Å². The van der Waals surface area contributed by atoms with Gasteiger partial charge in [-0.05, 0) is 43.4 Å². The number of nitrogen functional groups attached to an aromatic ring is 1. The molecule has 0 unspecified atom stereocenters. The topological polar surface area (TPSA) is 89.4 Å². The summed E-state index contributed by atoms with van der Waals surface area (Å²) in [4.78, 5) is 27.4. The fourth-order valence-corrected chi connectivity index (χ4v) is 4.81. The van der Waals surface area contributed by atoms with Crippen molar-refractivity contribution >= 4 is 28.3 Å². The van der Waals surface area contributed by atoms with Crippen molar-refractivity contribution in [3.05, 3.63) is 65.1 Å². The molecule has 0 saturated heterocycles. The lowest BCUT2D eigenvalue weighted by Crippen LogP contribution is -2.36. The fraction of sp³-hybridized carbons (Fsp3) is 0.304. The van der Waals surface area contributed by atoms with E-state index in [2.05, 4.69) is 15.0 Å². The van der Waals surface area contributed by atoms with Gasteiger partial charge in [0.05, 0.1) is 35.2 Å². The average molecular weight is 470 g/mol. The highest BCUT2D eigenvalue weighted by Crippen LogP contribution is 2.43. The van der Waals surface area contributed by atoms with E-state index in [4.69, 9.17) is 5.73 Å². The van der Waals surface area contributed by atoms with Crippen LogP contribution >= 0.6 is 0 Å². The van der Waals surface area contributed by atoms with Crippen LogP contribution in [0.25, 0.3) is 16.6 Å². The van der Waals surface area contributed by atoms with Crippen LogP contribution in [0.4, 0.5) is 23.4 Å². The lowest BCUT2D eigenvalue weighted by atomic mass is 10.1. The van der Waals surface area contributed by atoms with E-state index < -0.39 is 29.6 Å². The molecule has 6 rings (SSSR count). The highest BCUT2D eigenvalue weighted by atomic mass is 19.4. The molecule has 11 heteroatoms. The molecule has 7 nitrogen and oxygen atoms in total. The van der Waals surface area contributed by atoms with E-state index >= 15 is 4.39 Å². The molecule has 2 aliphatic carbocycles. The molecule has 1 fully saturated rings. The lowest BCUT2D eigenvalue weighted by molar-refractivity contribution is -0.141. The quantitative estimate of drug-likeness (QED) is 0.451. The smallest absolute Gasteiger partial charge is 0.382 e. The molecule has 3 aromatic heterocycles. The zero-order valence-electron chi connectivity index (χ0n) is 17.7. The third kappa shape index (κ3) is 3.17. The van der Waals surface area contributed by atoms with Gasteiger partial charge in [0.25, 0.3) is 5.91 Å². The second kappa shape index (κ2) is 7.12. The number of aryl methyl sites for hydroxylation is 1. The van der Waals surface area contributed by atoms with Crippen molar-refractivity contribution in [3.8, 4) is 0 Å². The van der Waals surface area contributed by atoms with Crippen molar-refractivity contribution in [1.29, 1.82) is 0 Å². The molecular formula is C23H18F4N6O. The number of halogens is 4. The molecule has 0 aliphatic heterocycles. The van der Waals surface area contributed by atoms with Crippen molar-refractivity contribution < 1.29 is 22.4 Å². The van der Waals surface area contributed by atoms with Gasteiger partial charge in [-0.15, -0.1) is 0 Å². The van der Waals surface area contributed by atoms with Gasteiger partial charge in [-0.2, -0.15) is 13.2 Å². The highest BCUT2D eigenvalue weighted by molar-refractivity contribution is 5.99. The lowest BCUT2D eigenvalue weighted by Gasteiger charge is -2.30. The van der Waals surface area contributed by atoms with E-state index in [0.29, 0.717) is 35.1 Å². The fourth-order valence-electron chi connectivity index (χ4n) is 4.81. The van der Waals surface area contributed by atoms with Crippen molar-refractivity contribution in [2.24, 2.45) is 0 Å². The highest BCUT2D eigenvalue weighted by Gasteiger charge is 2.43. The minimum Gasteiger partial charge on any atom is -0.382 e. The number of amides is 1. The molecule has 34 heavy (non-hydrogen) atoms. The molecule has 2 N–H and O–H groups in total. The Morgan fingerprint density at radius 1 is 1.12 bits per heavy atom. The number of carbonyl (C=O) groups excluding carboxylic acids is 1. The minimum atomic E-state index is -4.54. The van der Waals surface area contributed by atoms with Crippen molar-refractivity contribution in [1.82, 2.24) is 24.3 Å². The normalized spacial score (nSPS) is 17.9. The van der Waals surface area contributed by atoms with Gasteiger partial charge in [-0.3, -0.25) is 9.20 Å². The first-order valence-corrected chi connectivity index (χ1v) is 10.8. The van der Waals surface area contributed by atoms with Gasteiger partial charge in [-0.1, -0.05) is 6.07 Å². The number of alkyl halides is 3. The number of imidazole rings is 1. The number of pyridine rings is 1. The summed E-state index contributed by atoms with van der Waals surface area (Å²) in [5.41, 5.74) is 7.06. The number of benzene rings is 1. The number of anilines is 1. The predicted molar refractivity (Wildman–Crippen MR) is 114 cm³/mol. The molecule has 0 bridgehead atoms. The summed E-state index contributed by atoms with van der Waals surface area (Å²) < 4.78 is 56.1. The maximum atomic E-state index is 15.1. The molecule has 1 aromatic carbocycles. The minimum absolute atomic E-state index is 0.0985. The summed E-state index contributed by atoms with van der Waals surface area (Å²) in [7, 11) is 0. The van der Waals surface area contributed by atoms with Crippen molar-refractivity contribution in [3.63, 3.8) is 0 Å². The van der Waals surface area contributed by atoms with E-state index in [1.807, 2.05) is 0 Å². The zero-order valence-corrected chi connectivity index (χ0v) is 17.7. The summed E-state index contributed by atoms with van der Waals surface area (Å²) in [5.74, 6) is -1.06. The van der Waals surface area contributed by atoms with E-state index in [-0.39, 0.29) is 22.9 Å². The Balaban J connectivity index is 1.42. The van der Waals surface area contributed by atoms with Crippen LogP contribution in [0.15, 0.2) is 36.8 Å². The molecule has 1 amide bonds. The summed E-state index contributed by atoms with van der Waals surface area (Å²) >= 11 is 0. The Morgan fingerprint density at radius 3 is 2.65 bits per heavy atom. The van der Waals surface area contributed by atoms with E-state index in [1.165, 1.54) is 30.7 Å². The van der Waals surface area contributed by atoms with Gasteiger partial charge < -0.3 is 10.6 Å². The number of aromatic nitrogens is 4. The summed E-state index contributed by atoms with van der Waals surface area (Å²) in [6, 6.07) is 4.38. The number of carbonyl (C=O) groups is 1. The number of rotatable bonds is 3. The molecule has 2 aliphatic rings. The summed E-state index contributed by atoms with van der Waals surface area (Å²) in [6.45, 7) is 0. The molecule has 174 valence electrons. The second-order valence-corrected chi connectivity index (χ2v) is 8.69. The summed E-state index contributed by atoms with van der Waals surface area (Å²) in [6.07, 6.45) is 0.766. The monoisotopic (exact) mass is 470 g/mol. The van der Waals surface area contributed by atoms with Crippen LogP contribution in [0, 0.1) is 5.82 Å². The standard InChI is InChI=1S/C23H18F4N6O/c24-14-8-16-18(32-10-29-9-19(32)21(28)31-16)7-13(14)22(34)33(11-1-2-11)17-5-4-15-12(17)3-6-20(30-15)23(25,26)27/h3,6-11,17H,1-2,4-5H2,(H2,28,31)/t17-/m1/s1. The third-order valence-electron chi connectivity index (χ3n) is 6.52. The maximum absolute atomic E-state index is 15.1. The van der Waals surface area contributed by atoms with Crippen LogP contribution in [0.1, 0.15) is 52.6 Å². The SMILES string of the molecule is Nc1nc2cc(F)c(C(=O)N(C3CC3)[C@@H]3CCc4nc(C(F)(F)F)ccc43)cc2n2cncc12. The van der Waals surface area contributed by atoms with Crippen molar-refractivity contribution in [2.45, 2.75) is 43.9 Å². The number of nitrogens with two attached hydrogens (primary N) is 1. The number of hydrogen-bond acceptors (Lipinski definition) is 5. The van der Waals surface area contributed by atoms with E-state index in [9.17, 15) is 18.0 Å². The van der Waals surface area contributed by atoms with Gasteiger partial charge >= 0.3 is 6.18 Å². The Hall–Kier alpha value is -3.76. The predicted octanol–water partition coefficient (Wildman–Crippen LogP) is 4.31. The van der Waals surface area contributed by atoms with Crippen LogP contribution in [0.2, 0.25) is 0 Å². The number of hydrogen-bond donors (Lipinski definition) is 1. The largest absolute Gasteiger partial charge is 0.433 e. The van der Waals surface area contributed by atoms with Crippen LogP contribution in [-0.4, -0.2) is 36.2 Å². The number of fused-ring (bicyclic) bond motifs is 4. The molecular weight excluding hydrogens is 452 g/mol. The third-order valence-corrected chi connectivity index (χ3v) is 6.52. The van der Waals surface area contributed by atoms with E-state index in [0.717, 1.165) is 18.9 Å². The van der Waals surface area contributed by atoms with Crippen LogP contribution in [-0.2, 0) is 12.6 Å². The molecule has 1 saturated carbocycles. The van der Waals surface area contributed by atoms with Gasteiger partial charge in [0.2, 0.25) is 0 Å². The zero-order chi connectivity index (χ0) is 23.8. The maximum Gasteiger partial charge on any atom is 0.433 e. The van der Waals surface area contributed by atoms with Crippen LogP contribution in [0.3, 0.4) is 0 Å². The van der Waals surface area contributed by atoms with Gasteiger partial charge in [0, 0.05) is 17.8 Å². The Labute approximate surface area is 190 Å². The van der Waals surface area contributed by atoms with Crippen LogP contribution in [0.5, 0.6) is 0 Å². The summed E-state index contributed by atoms with van der Waals surface area (Å²) in [5, 5.41) is 0. The van der Waals surface area contributed by atoms with Gasteiger partial charge in [0.1, 0.15) is 22.8 Å². The first-order valence-electron chi connectivity index (χ1n) is 10.8. The number of nitrogens with zero attached hydrogens (tertiary/aromatic N) is 5. The van der Waals surface area contributed by atoms with E-state index in [1.54, 1.807) is 9.30 Å². The second-order valence-electron chi connectivity index (χ2n) is 8.69. The molecule has 0 spiro atoms. The molecule has 3 heterocycles. The average Bonchev–Trinajstić information content (AvgIpc) is 3.32. The Bertz CT molecular complexity index is 1480. The van der Waals surface area contributed by atoms with Crippen LogP contribution < -0.4 is 5.73 Å². The molecule has 4 aromatic rings. The van der Waals surface area contributed by atoms with Crippen molar-refractivity contribution in [2.75, 3.05) is 5.73 Å². The Morgan fingerprint density at radius 2 is 1.91 bits per heavy atom. The Kier molecular flexibility index (Phi) is 4.36.